The molecule has 4 heteroatoms. The lowest BCUT2D eigenvalue weighted by molar-refractivity contribution is 0.316. The topological polar surface area (TPSA) is 38.9 Å². The summed E-state index contributed by atoms with van der Waals surface area (Å²) in [4.78, 5) is 4.44. The van der Waals surface area contributed by atoms with E-state index in [1.807, 2.05) is 24.0 Å². The van der Waals surface area contributed by atoms with Gasteiger partial charge >= 0.3 is 0 Å². The van der Waals surface area contributed by atoms with Crippen molar-refractivity contribution in [3.63, 3.8) is 0 Å². The maximum absolute atomic E-state index is 6.26. The van der Waals surface area contributed by atoms with Crippen molar-refractivity contribution in [3.05, 3.63) is 22.8 Å². The molecule has 0 aliphatic heterocycles. The van der Waals surface area contributed by atoms with Crippen molar-refractivity contribution in [2.24, 2.45) is 11.7 Å². The van der Waals surface area contributed by atoms with Gasteiger partial charge in [-0.3, -0.25) is 0 Å². The minimum atomic E-state index is 0.327. The summed E-state index contributed by atoms with van der Waals surface area (Å²) < 4.78 is 1.03. The van der Waals surface area contributed by atoms with Crippen molar-refractivity contribution in [1.29, 1.82) is 0 Å². The smallest absolute Gasteiger partial charge is 0.0963 e. The van der Waals surface area contributed by atoms with E-state index in [0.717, 1.165) is 15.4 Å². The van der Waals surface area contributed by atoms with Crippen molar-refractivity contribution in [2.75, 3.05) is 0 Å². The molecular formula is C14H21BrN2S. The summed E-state index contributed by atoms with van der Waals surface area (Å²) in [6, 6.07) is 4.45. The molecule has 3 atom stereocenters. The van der Waals surface area contributed by atoms with Crippen LogP contribution < -0.4 is 5.73 Å². The van der Waals surface area contributed by atoms with E-state index in [1.54, 1.807) is 0 Å². The number of halogens is 1. The van der Waals surface area contributed by atoms with Gasteiger partial charge in [-0.05, 0) is 53.2 Å². The Labute approximate surface area is 122 Å². The van der Waals surface area contributed by atoms with E-state index in [4.69, 9.17) is 5.73 Å². The largest absolute Gasteiger partial charge is 0.327 e. The second-order valence-corrected chi connectivity index (χ2v) is 7.28. The number of thioether (sulfide) groups is 1. The Bertz CT molecular complexity index is 369. The third-order valence-corrected chi connectivity index (χ3v) is 5.42. The Hall–Kier alpha value is -0.0600. The van der Waals surface area contributed by atoms with Crippen molar-refractivity contribution < 1.29 is 0 Å². The standard InChI is InChI=1S/C14H21BrN2S/c1-2-3-10-4-6-12(16)13(8-10)18-14-7-5-11(15)9-17-14/h5,7,9-10,12-13H,2-4,6,8,16H2,1H3. The number of nitrogens with two attached hydrogens (primary N) is 1. The number of rotatable bonds is 4. The molecule has 100 valence electrons. The van der Waals surface area contributed by atoms with Gasteiger partial charge in [0.2, 0.25) is 0 Å². The molecule has 1 heterocycles. The number of hydrogen-bond acceptors (Lipinski definition) is 3. The van der Waals surface area contributed by atoms with E-state index in [2.05, 4.69) is 33.9 Å². The normalized spacial score (nSPS) is 28.3. The van der Waals surface area contributed by atoms with Gasteiger partial charge in [0.05, 0.1) is 5.03 Å². The fourth-order valence-corrected chi connectivity index (χ4v) is 4.11. The fraction of sp³-hybridized carbons (Fsp3) is 0.643. The summed E-state index contributed by atoms with van der Waals surface area (Å²) in [5, 5.41) is 1.62. The average Bonchev–Trinajstić information content (AvgIpc) is 2.36. The van der Waals surface area contributed by atoms with Gasteiger partial charge in [-0.25, -0.2) is 4.98 Å². The Morgan fingerprint density at radius 2 is 2.28 bits per heavy atom. The molecule has 1 fully saturated rings. The van der Waals surface area contributed by atoms with Gasteiger partial charge in [-0.1, -0.05) is 19.8 Å². The average molecular weight is 329 g/mol. The highest BCUT2D eigenvalue weighted by Gasteiger charge is 2.28. The zero-order valence-electron chi connectivity index (χ0n) is 10.8. The minimum Gasteiger partial charge on any atom is -0.327 e. The molecular weight excluding hydrogens is 308 g/mol. The monoisotopic (exact) mass is 328 g/mol. The number of aromatic nitrogens is 1. The predicted octanol–water partition coefficient (Wildman–Crippen LogP) is 4.23. The van der Waals surface area contributed by atoms with Gasteiger partial charge in [0.1, 0.15) is 0 Å². The summed E-state index contributed by atoms with van der Waals surface area (Å²) in [6.45, 7) is 2.27. The molecule has 2 nitrogen and oxygen atoms in total. The fourth-order valence-electron chi connectivity index (χ4n) is 2.63. The number of hydrogen-bond donors (Lipinski definition) is 1. The van der Waals surface area contributed by atoms with Crippen molar-refractivity contribution in [2.45, 2.75) is 55.3 Å². The second-order valence-electron chi connectivity index (χ2n) is 5.10. The highest BCUT2D eigenvalue weighted by atomic mass is 79.9. The summed E-state index contributed by atoms with van der Waals surface area (Å²) >= 11 is 5.27. The lowest BCUT2D eigenvalue weighted by Crippen LogP contribution is -2.38. The van der Waals surface area contributed by atoms with Gasteiger partial charge in [0.15, 0.2) is 0 Å². The van der Waals surface area contributed by atoms with E-state index in [-0.39, 0.29) is 0 Å². The van der Waals surface area contributed by atoms with E-state index >= 15 is 0 Å². The Morgan fingerprint density at radius 1 is 1.44 bits per heavy atom. The van der Waals surface area contributed by atoms with Crippen molar-refractivity contribution in [3.8, 4) is 0 Å². The van der Waals surface area contributed by atoms with Gasteiger partial charge in [-0.2, -0.15) is 0 Å². The van der Waals surface area contributed by atoms with Crippen LogP contribution in [0.4, 0.5) is 0 Å². The molecule has 1 aliphatic carbocycles. The highest BCUT2D eigenvalue weighted by molar-refractivity contribution is 9.10. The Kier molecular flexibility index (Phi) is 5.52. The van der Waals surface area contributed by atoms with Gasteiger partial charge < -0.3 is 5.73 Å². The van der Waals surface area contributed by atoms with Crippen molar-refractivity contribution in [1.82, 2.24) is 4.98 Å². The Balaban J connectivity index is 1.95. The third-order valence-electron chi connectivity index (χ3n) is 3.62. The van der Waals surface area contributed by atoms with E-state index < -0.39 is 0 Å². The maximum atomic E-state index is 6.26. The first-order valence-electron chi connectivity index (χ1n) is 6.72. The molecule has 2 N–H and O–H groups in total. The third kappa shape index (κ3) is 3.97. The van der Waals surface area contributed by atoms with Crippen molar-refractivity contribution >= 4 is 27.7 Å². The lowest BCUT2D eigenvalue weighted by atomic mass is 9.83. The quantitative estimate of drug-likeness (QED) is 0.898. The van der Waals surface area contributed by atoms with Crippen LogP contribution in [0.5, 0.6) is 0 Å². The molecule has 2 rings (SSSR count). The van der Waals surface area contributed by atoms with Crippen LogP contribution in [0.2, 0.25) is 0 Å². The van der Waals surface area contributed by atoms with E-state index in [9.17, 15) is 0 Å². The van der Waals surface area contributed by atoms with Gasteiger partial charge in [-0.15, -0.1) is 11.8 Å². The molecule has 1 aromatic rings. The van der Waals surface area contributed by atoms with Crippen LogP contribution in [0, 0.1) is 5.92 Å². The molecule has 3 unspecified atom stereocenters. The first-order chi connectivity index (χ1) is 8.69. The minimum absolute atomic E-state index is 0.327. The van der Waals surface area contributed by atoms with Gasteiger partial charge in [0.25, 0.3) is 0 Å². The first kappa shape index (κ1) is 14.4. The van der Waals surface area contributed by atoms with E-state index in [0.29, 0.717) is 11.3 Å². The van der Waals surface area contributed by atoms with Crippen LogP contribution in [0.1, 0.15) is 39.0 Å². The lowest BCUT2D eigenvalue weighted by Gasteiger charge is -2.33. The van der Waals surface area contributed by atoms with Crippen LogP contribution in [0.15, 0.2) is 27.8 Å². The van der Waals surface area contributed by atoms with Crippen LogP contribution >= 0.6 is 27.7 Å². The highest BCUT2D eigenvalue weighted by Crippen LogP contribution is 2.36. The molecule has 1 aliphatic rings. The summed E-state index contributed by atoms with van der Waals surface area (Å²) in [6.07, 6.45) is 8.21. The first-order valence-corrected chi connectivity index (χ1v) is 8.40. The SMILES string of the molecule is CCCC1CCC(N)C(Sc2ccc(Br)cn2)C1. The summed E-state index contributed by atoms with van der Waals surface area (Å²) in [5.41, 5.74) is 6.26. The molecule has 0 radical (unpaired) electrons. The molecule has 0 saturated heterocycles. The van der Waals surface area contributed by atoms with E-state index in [1.165, 1.54) is 32.1 Å². The zero-order chi connectivity index (χ0) is 13.0. The summed E-state index contributed by atoms with van der Waals surface area (Å²) in [7, 11) is 0. The molecule has 1 saturated carbocycles. The molecule has 0 aromatic carbocycles. The van der Waals surface area contributed by atoms with Crippen LogP contribution in [-0.4, -0.2) is 16.3 Å². The second kappa shape index (κ2) is 6.92. The maximum Gasteiger partial charge on any atom is 0.0963 e. The molecule has 18 heavy (non-hydrogen) atoms. The molecule has 1 aromatic heterocycles. The van der Waals surface area contributed by atoms with Gasteiger partial charge in [0, 0.05) is 22.0 Å². The van der Waals surface area contributed by atoms with Crippen LogP contribution in [-0.2, 0) is 0 Å². The zero-order valence-corrected chi connectivity index (χ0v) is 13.2. The molecule has 0 bridgehead atoms. The molecule has 0 spiro atoms. The van der Waals surface area contributed by atoms with Crippen LogP contribution in [0.25, 0.3) is 0 Å². The Morgan fingerprint density at radius 3 is 2.94 bits per heavy atom. The predicted molar refractivity (Wildman–Crippen MR) is 81.8 cm³/mol. The molecule has 0 amide bonds. The summed E-state index contributed by atoms with van der Waals surface area (Å²) in [5.74, 6) is 0.864. The van der Waals surface area contributed by atoms with Crippen LogP contribution in [0.3, 0.4) is 0 Å². The number of nitrogens with zero attached hydrogens (tertiary/aromatic N) is 1. The number of pyridine rings is 1.